The minimum Gasteiger partial charge on any atom is -0.480 e. The first-order valence-electron chi connectivity index (χ1n) is 5.01. The first-order chi connectivity index (χ1) is 9.50. The van der Waals surface area contributed by atoms with Crippen molar-refractivity contribution in [1.82, 2.24) is 5.32 Å². The molecule has 0 heterocycles. The molecule has 12 heteroatoms. The summed E-state index contributed by atoms with van der Waals surface area (Å²) in [5.74, 6) is -7.04. The van der Waals surface area contributed by atoms with Crippen LogP contribution >= 0.6 is 0 Å². The number of Topliss-reactive ketones (excluding diaryl/α,β-unsaturated/α-hetero) is 1. The van der Waals surface area contributed by atoms with Gasteiger partial charge in [-0.05, 0) is 0 Å². The van der Waals surface area contributed by atoms with Crippen molar-refractivity contribution in [2.24, 2.45) is 0 Å². The molecule has 1 atom stereocenters. The largest absolute Gasteiger partial charge is 0.480 e. The zero-order valence-electron chi connectivity index (χ0n) is 10.3. The van der Waals surface area contributed by atoms with Gasteiger partial charge in [-0.1, -0.05) is 0 Å². The highest BCUT2D eigenvalue weighted by Crippen LogP contribution is 2.14. The minimum atomic E-state index is -5.32. The van der Waals surface area contributed by atoms with Crippen LogP contribution in [-0.4, -0.2) is 58.1 Å². The summed E-state index contributed by atoms with van der Waals surface area (Å²) in [6.07, 6.45) is -5.32. The second kappa shape index (κ2) is 7.14. The molecular formula is C9H8F3N3O6. The molecule has 0 saturated heterocycles. The summed E-state index contributed by atoms with van der Waals surface area (Å²) in [7, 11) is 0. The van der Waals surface area contributed by atoms with E-state index in [4.69, 9.17) is 10.6 Å². The molecule has 2 N–H and O–H groups in total. The number of carboxylic acids is 1. The molecule has 9 nitrogen and oxygen atoms in total. The number of alkyl halides is 3. The van der Waals surface area contributed by atoms with Crippen molar-refractivity contribution in [3.63, 3.8) is 0 Å². The topological polar surface area (TPSA) is 146 Å². The van der Waals surface area contributed by atoms with E-state index in [1.165, 1.54) is 0 Å². The predicted octanol–water partition coefficient (Wildman–Crippen LogP) is -1.08. The van der Waals surface area contributed by atoms with E-state index in [1.54, 1.807) is 0 Å². The maximum atomic E-state index is 12.0. The quantitative estimate of drug-likeness (QED) is 0.210. The van der Waals surface area contributed by atoms with E-state index in [0.29, 0.717) is 0 Å². The second-order valence-corrected chi connectivity index (χ2v) is 3.47. The van der Waals surface area contributed by atoms with Gasteiger partial charge in [0, 0.05) is 6.92 Å². The van der Waals surface area contributed by atoms with Gasteiger partial charge >= 0.3 is 29.7 Å². The fraction of sp³-hybridized carbons (Fsp3) is 0.444. The number of esters is 1. The summed E-state index contributed by atoms with van der Waals surface area (Å²) in [6.45, 7) is -0.376. The Kier molecular flexibility index (Phi) is 6.21. The van der Waals surface area contributed by atoms with Crippen molar-refractivity contribution in [2.45, 2.75) is 19.1 Å². The van der Waals surface area contributed by atoms with Crippen LogP contribution in [-0.2, 0) is 23.9 Å². The Balaban J connectivity index is 4.80. The van der Waals surface area contributed by atoms with Gasteiger partial charge in [0.05, 0.1) is 0 Å². The maximum Gasteiger partial charge on any atom is 0.471 e. The molecule has 0 bridgehead atoms. The smallest absolute Gasteiger partial charge is 0.471 e. The molecule has 0 aromatic carbocycles. The molecule has 1 amide bonds. The Bertz CT molecular complexity index is 523. The van der Waals surface area contributed by atoms with E-state index < -0.39 is 48.2 Å². The molecular weight excluding hydrogens is 303 g/mol. The lowest BCUT2D eigenvalue weighted by atomic mass is 10.2. The molecule has 0 aliphatic heterocycles. The van der Waals surface area contributed by atoms with E-state index in [1.807, 2.05) is 0 Å². The van der Waals surface area contributed by atoms with E-state index in [0.717, 1.165) is 12.2 Å². The van der Waals surface area contributed by atoms with Crippen molar-refractivity contribution in [3.05, 3.63) is 5.53 Å². The predicted molar refractivity (Wildman–Crippen MR) is 55.9 cm³/mol. The molecule has 0 saturated carbocycles. The van der Waals surface area contributed by atoms with E-state index in [9.17, 15) is 32.3 Å². The Hall–Kier alpha value is -2.75. The molecule has 0 aromatic heterocycles. The zero-order chi connectivity index (χ0) is 16.8. The first kappa shape index (κ1) is 18.2. The normalized spacial score (nSPS) is 11.8. The van der Waals surface area contributed by atoms with Gasteiger partial charge in [0.25, 0.3) is 0 Å². The molecule has 0 aliphatic carbocycles. The number of aliphatic carboxylic acids is 1. The van der Waals surface area contributed by atoms with Crippen LogP contribution in [0, 0.1) is 0 Å². The van der Waals surface area contributed by atoms with Crippen molar-refractivity contribution in [2.75, 3.05) is 6.61 Å². The second-order valence-electron chi connectivity index (χ2n) is 3.47. The number of nitrogens with one attached hydrogen (secondary N) is 1. The Morgan fingerprint density at radius 2 is 1.86 bits per heavy atom. The highest BCUT2D eigenvalue weighted by Gasteiger charge is 2.41. The van der Waals surface area contributed by atoms with Gasteiger partial charge in [-0.15, -0.1) is 0 Å². The van der Waals surface area contributed by atoms with Crippen LogP contribution in [0.15, 0.2) is 0 Å². The van der Waals surface area contributed by atoms with Crippen LogP contribution in [0.5, 0.6) is 0 Å². The van der Waals surface area contributed by atoms with Gasteiger partial charge in [0.15, 0.2) is 6.04 Å². The van der Waals surface area contributed by atoms with Crippen LogP contribution in [0.25, 0.3) is 5.53 Å². The lowest BCUT2D eigenvalue weighted by Gasteiger charge is -2.14. The van der Waals surface area contributed by atoms with Gasteiger partial charge in [0.1, 0.15) is 6.61 Å². The molecule has 0 spiro atoms. The minimum absolute atomic E-state index is 0.830. The van der Waals surface area contributed by atoms with Gasteiger partial charge in [0.2, 0.25) is 5.78 Å². The summed E-state index contributed by atoms with van der Waals surface area (Å²) >= 11 is 0. The third-order valence-electron chi connectivity index (χ3n) is 1.87. The monoisotopic (exact) mass is 311 g/mol. The summed E-state index contributed by atoms with van der Waals surface area (Å²) in [5, 5.41) is 9.66. The first-order valence-corrected chi connectivity index (χ1v) is 5.01. The maximum absolute atomic E-state index is 12.0. The lowest BCUT2D eigenvalue weighted by Crippen LogP contribution is -2.49. The van der Waals surface area contributed by atoms with Crippen LogP contribution in [0.2, 0.25) is 0 Å². The molecule has 116 valence electrons. The average molecular weight is 311 g/mol. The van der Waals surface area contributed by atoms with Crippen LogP contribution in [0.1, 0.15) is 6.92 Å². The van der Waals surface area contributed by atoms with Crippen LogP contribution in [0.4, 0.5) is 13.2 Å². The van der Waals surface area contributed by atoms with Crippen molar-refractivity contribution in [1.29, 1.82) is 0 Å². The summed E-state index contributed by atoms with van der Waals surface area (Å²) in [5.41, 5.74) is 7.24. The lowest BCUT2D eigenvalue weighted by molar-refractivity contribution is -0.176. The van der Waals surface area contributed by atoms with Gasteiger partial charge < -0.3 is 20.7 Å². The third kappa shape index (κ3) is 5.82. The Labute approximate surface area is 114 Å². The van der Waals surface area contributed by atoms with Gasteiger partial charge in [-0.25, -0.2) is 9.59 Å². The van der Waals surface area contributed by atoms with E-state index >= 15 is 0 Å². The molecule has 0 fully saturated rings. The zero-order valence-corrected chi connectivity index (χ0v) is 10.3. The molecule has 0 unspecified atom stereocenters. The standard InChI is InChI=1S/C9H8F3N3O6/c1-3(16)5(15-13)7(19)21-2-4(6(17)18)14-8(20)9(10,11)12/h4H,2H2,1H3,(H,14,20)(H,17,18)/t4-/m0/s1. The highest BCUT2D eigenvalue weighted by atomic mass is 19.4. The number of amides is 1. The number of carbonyl (C=O) groups is 4. The number of hydrogen-bond acceptors (Lipinski definition) is 5. The molecule has 0 radical (unpaired) electrons. The van der Waals surface area contributed by atoms with Gasteiger partial charge in [-0.3, -0.25) is 9.59 Å². The number of carboxylic acid groups (broad SMARTS) is 1. The number of nitrogens with zero attached hydrogens (tertiary/aromatic N) is 2. The highest BCUT2D eigenvalue weighted by molar-refractivity contribution is 6.61. The van der Waals surface area contributed by atoms with E-state index in [-0.39, 0.29) is 0 Å². The van der Waals surface area contributed by atoms with Crippen molar-refractivity contribution < 1.29 is 47.0 Å². The Morgan fingerprint density at radius 3 is 2.19 bits per heavy atom. The third-order valence-corrected chi connectivity index (χ3v) is 1.87. The summed E-state index contributed by atoms with van der Waals surface area (Å²) in [6, 6.07) is -2.20. The van der Waals surface area contributed by atoms with Crippen LogP contribution in [0.3, 0.4) is 0 Å². The average Bonchev–Trinajstić information content (AvgIpc) is 2.32. The van der Waals surface area contributed by atoms with Crippen molar-refractivity contribution >= 4 is 29.3 Å². The van der Waals surface area contributed by atoms with Crippen molar-refractivity contribution in [3.8, 4) is 0 Å². The van der Waals surface area contributed by atoms with Gasteiger partial charge in [-0.2, -0.15) is 18.0 Å². The van der Waals surface area contributed by atoms with Crippen LogP contribution < -0.4 is 5.32 Å². The molecule has 0 aromatic rings. The number of hydrogen-bond donors (Lipinski definition) is 2. The number of rotatable bonds is 6. The number of carbonyl (C=O) groups excluding carboxylic acids is 3. The molecule has 0 rings (SSSR count). The number of halogens is 3. The van der Waals surface area contributed by atoms with E-state index in [2.05, 4.69) is 9.53 Å². The molecule has 0 aliphatic rings. The number of ether oxygens (including phenoxy) is 1. The molecule has 21 heavy (non-hydrogen) atoms. The SMILES string of the molecule is CC(=O)C(=[N+]=[N-])C(=O)OC[C@H](NC(=O)C(F)(F)F)C(=O)O. The summed E-state index contributed by atoms with van der Waals surface area (Å²) < 4.78 is 40.0. The summed E-state index contributed by atoms with van der Waals surface area (Å²) in [4.78, 5) is 45.4. The number of ketones is 1. The Morgan fingerprint density at radius 1 is 1.33 bits per heavy atom. The fourth-order valence-electron chi connectivity index (χ4n) is 0.897. The fourth-order valence-corrected chi connectivity index (χ4v) is 0.897.